The van der Waals surface area contributed by atoms with Gasteiger partial charge in [0.1, 0.15) is 0 Å². The predicted octanol–water partition coefficient (Wildman–Crippen LogP) is 8.77. The van der Waals surface area contributed by atoms with Crippen molar-refractivity contribution in [3.05, 3.63) is 11.6 Å². The van der Waals surface area contributed by atoms with Crippen LogP contribution >= 0.6 is 0 Å². The Balaban J connectivity index is 1.42. The van der Waals surface area contributed by atoms with E-state index in [1.807, 2.05) is 0 Å². The molecular formula is C30H51FO. The highest BCUT2D eigenvalue weighted by atomic mass is 19.1. The van der Waals surface area contributed by atoms with Crippen molar-refractivity contribution in [2.24, 2.45) is 46.3 Å². The van der Waals surface area contributed by atoms with Gasteiger partial charge in [-0.05, 0) is 104 Å². The van der Waals surface area contributed by atoms with Gasteiger partial charge in [-0.2, -0.15) is 0 Å². The van der Waals surface area contributed by atoms with Crippen molar-refractivity contribution < 1.29 is 9.13 Å². The summed E-state index contributed by atoms with van der Waals surface area (Å²) < 4.78 is 18.5. The fraction of sp³-hybridized carbons (Fsp3) is 0.933. The second-order valence-electron chi connectivity index (χ2n) is 13.1. The van der Waals surface area contributed by atoms with Crippen LogP contribution in [0.4, 0.5) is 4.39 Å². The van der Waals surface area contributed by atoms with E-state index >= 15 is 0 Å². The highest BCUT2D eigenvalue weighted by molar-refractivity contribution is 5.25. The summed E-state index contributed by atoms with van der Waals surface area (Å²) in [4.78, 5) is 0. The van der Waals surface area contributed by atoms with Crippen molar-refractivity contribution in [2.45, 2.75) is 118 Å². The minimum absolute atomic E-state index is 0.256. The number of allylic oxidation sites excluding steroid dienone is 1. The molecule has 0 N–H and O–H groups in total. The molecule has 0 aromatic carbocycles. The third kappa shape index (κ3) is 4.60. The van der Waals surface area contributed by atoms with Gasteiger partial charge in [-0.15, -0.1) is 0 Å². The summed E-state index contributed by atoms with van der Waals surface area (Å²) in [5.74, 6) is 5.40. The molecule has 4 rings (SSSR count). The zero-order valence-corrected chi connectivity index (χ0v) is 21.8. The first-order chi connectivity index (χ1) is 15.3. The van der Waals surface area contributed by atoms with Crippen LogP contribution in [-0.4, -0.2) is 19.4 Å². The van der Waals surface area contributed by atoms with E-state index in [1.54, 1.807) is 5.57 Å². The SMILES string of the molecule is CC(C)CCC[C@@H](C)[C@H]1CC[C@H]2[C@@H]3CC=C4CC(OCCCF)CC[C@]4(C)[C@H]3CC[C@]12C. The summed E-state index contributed by atoms with van der Waals surface area (Å²) in [5, 5.41) is 0. The van der Waals surface area contributed by atoms with Crippen LogP contribution in [0, 0.1) is 46.3 Å². The molecule has 2 heteroatoms. The molecule has 1 nitrogen and oxygen atoms in total. The monoisotopic (exact) mass is 446 g/mol. The van der Waals surface area contributed by atoms with E-state index < -0.39 is 0 Å². The second kappa shape index (κ2) is 10.1. The van der Waals surface area contributed by atoms with Gasteiger partial charge in [0.2, 0.25) is 0 Å². The van der Waals surface area contributed by atoms with E-state index in [1.165, 1.54) is 64.2 Å². The van der Waals surface area contributed by atoms with Crippen LogP contribution in [0.2, 0.25) is 0 Å². The largest absolute Gasteiger partial charge is 0.378 e. The molecule has 0 bridgehead atoms. The maximum atomic E-state index is 12.5. The van der Waals surface area contributed by atoms with E-state index in [4.69, 9.17) is 4.74 Å². The molecule has 0 spiro atoms. The standard InChI is InChI=1S/C30H51FO/c1-21(2)8-6-9-22(3)26-12-13-27-25-11-10-23-20-24(32-19-7-18-31)14-16-29(23,4)28(25)15-17-30(26,27)5/h10,21-22,24-28H,6-9,11-20H2,1-5H3/t22-,24?,25+,26-,27+,28+,29+,30-/m1/s1. The lowest BCUT2D eigenvalue weighted by atomic mass is 9.47. The van der Waals surface area contributed by atoms with Gasteiger partial charge in [-0.3, -0.25) is 4.39 Å². The van der Waals surface area contributed by atoms with Crippen LogP contribution in [-0.2, 0) is 4.74 Å². The van der Waals surface area contributed by atoms with Gasteiger partial charge in [0.25, 0.3) is 0 Å². The lowest BCUT2D eigenvalue weighted by Crippen LogP contribution is -2.51. The average molecular weight is 447 g/mol. The van der Waals surface area contributed by atoms with Crippen LogP contribution in [0.5, 0.6) is 0 Å². The van der Waals surface area contributed by atoms with Gasteiger partial charge in [-0.1, -0.05) is 65.5 Å². The highest BCUT2D eigenvalue weighted by Crippen LogP contribution is 2.67. The molecular weight excluding hydrogens is 395 g/mol. The molecule has 0 heterocycles. The Hall–Kier alpha value is -0.370. The van der Waals surface area contributed by atoms with Crippen molar-refractivity contribution in [1.29, 1.82) is 0 Å². The quantitative estimate of drug-likeness (QED) is 0.254. The molecule has 0 saturated heterocycles. The molecule has 184 valence electrons. The molecule has 0 amide bonds. The summed E-state index contributed by atoms with van der Waals surface area (Å²) in [5.41, 5.74) is 2.66. The topological polar surface area (TPSA) is 9.23 Å². The Bertz CT molecular complexity index is 655. The van der Waals surface area contributed by atoms with Crippen molar-refractivity contribution in [2.75, 3.05) is 13.3 Å². The summed E-state index contributed by atoms with van der Waals surface area (Å²) in [6, 6.07) is 0. The number of rotatable bonds is 9. The number of hydrogen-bond donors (Lipinski definition) is 0. The minimum atomic E-state index is -0.256. The lowest BCUT2D eigenvalue weighted by Gasteiger charge is -2.58. The number of ether oxygens (including phenoxy) is 1. The molecule has 32 heavy (non-hydrogen) atoms. The van der Waals surface area contributed by atoms with Crippen molar-refractivity contribution >= 4 is 0 Å². The number of alkyl halides is 1. The van der Waals surface area contributed by atoms with Crippen molar-refractivity contribution in [3.8, 4) is 0 Å². The predicted molar refractivity (Wildman–Crippen MR) is 133 cm³/mol. The third-order valence-electron chi connectivity index (χ3n) is 10.9. The number of halogens is 1. The number of hydrogen-bond acceptors (Lipinski definition) is 1. The summed E-state index contributed by atoms with van der Waals surface area (Å²) in [6.45, 7) is 12.9. The third-order valence-corrected chi connectivity index (χ3v) is 10.9. The lowest BCUT2D eigenvalue weighted by molar-refractivity contribution is -0.0642. The fourth-order valence-electron chi connectivity index (χ4n) is 9.10. The van der Waals surface area contributed by atoms with E-state index in [-0.39, 0.29) is 6.67 Å². The summed E-state index contributed by atoms with van der Waals surface area (Å²) in [6.07, 6.45) is 18.5. The molecule has 0 aromatic heterocycles. The highest BCUT2D eigenvalue weighted by Gasteiger charge is 2.59. The minimum Gasteiger partial charge on any atom is -0.378 e. The van der Waals surface area contributed by atoms with Crippen molar-refractivity contribution in [3.63, 3.8) is 0 Å². The van der Waals surface area contributed by atoms with Gasteiger partial charge in [-0.25, -0.2) is 0 Å². The number of fused-ring (bicyclic) bond motifs is 5. The van der Waals surface area contributed by atoms with E-state index in [0.717, 1.165) is 41.9 Å². The molecule has 1 unspecified atom stereocenters. The first kappa shape index (κ1) is 24.7. The van der Waals surface area contributed by atoms with Crippen LogP contribution < -0.4 is 0 Å². The van der Waals surface area contributed by atoms with Gasteiger partial charge in [0.15, 0.2) is 0 Å². The second-order valence-corrected chi connectivity index (χ2v) is 13.1. The molecule has 0 radical (unpaired) electrons. The fourth-order valence-corrected chi connectivity index (χ4v) is 9.10. The molecule has 0 aliphatic heterocycles. The van der Waals surface area contributed by atoms with Gasteiger partial charge >= 0.3 is 0 Å². The first-order valence-electron chi connectivity index (χ1n) is 14.2. The smallest absolute Gasteiger partial charge is 0.0916 e. The van der Waals surface area contributed by atoms with Gasteiger partial charge in [0, 0.05) is 6.61 Å². The Morgan fingerprint density at radius 3 is 2.56 bits per heavy atom. The normalized spacial score (nSPS) is 42.2. The Labute approximate surface area is 198 Å². The summed E-state index contributed by atoms with van der Waals surface area (Å²) in [7, 11) is 0. The Morgan fingerprint density at radius 2 is 1.81 bits per heavy atom. The molecule has 4 aliphatic rings. The molecule has 3 fully saturated rings. The van der Waals surface area contributed by atoms with E-state index in [9.17, 15) is 4.39 Å². The Morgan fingerprint density at radius 1 is 1.00 bits per heavy atom. The van der Waals surface area contributed by atoms with Crippen LogP contribution in [0.25, 0.3) is 0 Å². The average Bonchev–Trinajstić information content (AvgIpc) is 3.11. The molecule has 3 saturated carbocycles. The van der Waals surface area contributed by atoms with Gasteiger partial charge in [0.05, 0.1) is 12.8 Å². The first-order valence-corrected chi connectivity index (χ1v) is 14.2. The van der Waals surface area contributed by atoms with E-state index in [0.29, 0.717) is 30.0 Å². The molecule has 0 aromatic rings. The van der Waals surface area contributed by atoms with Crippen LogP contribution in [0.3, 0.4) is 0 Å². The van der Waals surface area contributed by atoms with Crippen molar-refractivity contribution in [1.82, 2.24) is 0 Å². The molecule has 4 aliphatic carbocycles. The van der Waals surface area contributed by atoms with Crippen LogP contribution in [0.1, 0.15) is 112 Å². The zero-order valence-electron chi connectivity index (χ0n) is 21.8. The maximum Gasteiger partial charge on any atom is 0.0916 e. The molecule has 8 atom stereocenters. The van der Waals surface area contributed by atoms with E-state index in [2.05, 4.69) is 40.7 Å². The van der Waals surface area contributed by atoms with Crippen LogP contribution in [0.15, 0.2) is 11.6 Å². The summed E-state index contributed by atoms with van der Waals surface area (Å²) >= 11 is 0. The maximum absolute atomic E-state index is 12.5. The Kier molecular flexibility index (Phi) is 7.80. The zero-order chi connectivity index (χ0) is 22.9. The van der Waals surface area contributed by atoms with Gasteiger partial charge < -0.3 is 4.74 Å².